The van der Waals surface area contributed by atoms with Crippen LogP contribution in [0.4, 0.5) is 87.8 Å². The molecule has 0 aliphatic rings. The summed E-state index contributed by atoms with van der Waals surface area (Å²) >= 11 is 0. The number of ketones is 2. The van der Waals surface area contributed by atoms with E-state index in [2.05, 4.69) is 4.98 Å². The lowest BCUT2D eigenvalue weighted by molar-refractivity contribution is -0.683. The second-order valence-corrected chi connectivity index (χ2v) is 13.9. The maximum Gasteiger partial charge on any atom is 0.227 e. The molecule has 0 amide bonds. The number of benzene rings is 6. The molecule has 0 aliphatic carbocycles. The Bertz CT molecular complexity index is 2810. The lowest BCUT2D eigenvalue weighted by atomic mass is 9.12. The van der Waals surface area contributed by atoms with Crippen LogP contribution >= 0.6 is 0 Å². The van der Waals surface area contributed by atoms with E-state index in [4.69, 9.17) is 0 Å². The van der Waals surface area contributed by atoms with Crippen molar-refractivity contribution in [2.24, 2.45) is 0 Å². The number of Topliss-reactive ketones (excluding diaryl/α,β-unsaturated/α-hetero) is 1. The summed E-state index contributed by atoms with van der Waals surface area (Å²) in [4.78, 5) is 28.7. The predicted molar refractivity (Wildman–Crippen MR) is 194 cm³/mol. The Morgan fingerprint density at radius 2 is 0.647 bits per heavy atom. The van der Waals surface area contributed by atoms with Crippen LogP contribution in [0.25, 0.3) is 0 Å². The summed E-state index contributed by atoms with van der Waals surface area (Å²) in [5.41, 5.74) is -12.7. The molecular formula is C43H15BF20N2O2. The highest BCUT2D eigenvalue weighted by Crippen LogP contribution is 2.31. The molecular weight excluding hydrogens is 967 g/mol. The fraction of sp³-hybridized carbons (Fsp3) is 0.0233. The minimum atomic E-state index is -7.22. The maximum absolute atomic E-state index is 15.4. The van der Waals surface area contributed by atoms with Gasteiger partial charge >= 0.3 is 0 Å². The second-order valence-electron chi connectivity index (χ2n) is 13.9. The van der Waals surface area contributed by atoms with Crippen LogP contribution in [0, 0.1) is 116 Å². The minimum Gasteiger partial charge on any atom is -0.289 e. The molecule has 25 heteroatoms. The van der Waals surface area contributed by atoms with Crippen LogP contribution in [0.3, 0.4) is 0 Å². The number of aromatic nitrogens is 2. The van der Waals surface area contributed by atoms with Gasteiger partial charge in [-0.1, -0.05) is 48.5 Å². The molecule has 0 saturated carbocycles. The van der Waals surface area contributed by atoms with Gasteiger partial charge in [0.1, 0.15) is 52.7 Å². The van der Waals surface area contributed by atoms with Crippen molar-refractivity contribution >= 4 is 39.6 Å². The molecule has 0 N–H and O–H groups in total. The van der Waals surface area contributed by atoms with Gasteiger partial charge in [-0.05, 0) is 6.07 Å². The molecule has 4 nitrogen and oxygen atoms in total. The first-order valence-corrected chi connectivity index (χ1v) is 18.2. The lowest BCUT2D eigenvalue weighted by Crippen LogP contribution is -2.81. The quantitative estimate of drug-likeness (QED) is 0.0366. The van der Waals surface area contributed by atoms with Gasteiger partial charge in [0.05, 0.1) is 12.4 Å². The third-order valence-corrected chi connectivity index (χ3v) is 10.2. The van der Waals surface area contributed by atoms with E-state index in [9.17, 15) is 62.3 Å². The van der Waals surface area contributed by atoms with Crippen molar-refractivity contribution in [3.63, 3.8) is 0 Å². The van der Waals surface area contributed by atoms with E-state index < -0.39 is 144 Å². The number of hydrogen-bond acceptors (Lipinski definition) is 3. The Kier molecular flexibility index (Phi) is 13.9. The Hall–Kier alpha value is -7.60. The predicted octanol–water partition coefficient (Wildman–Crippen LogP) is 8.33. The van der Waals surface area contributed by atoms with Crippen LogP contribution < -0.4 is 26.4 Å². The number of carbonyl (C=O) groups excluding carboxylic acids is 2. The van der Waals surface area contributed by atoms with Gasteiger partial charge in [0.25, 0.3) is 0 Å². The Labute approximate surface area is 365 Å². The zero-order valence-corrected chi connectivity index (χ0v) is 32.6. The lowest BCUT2D eigenvalue weighted by Gasteiger charge is -2.44. The molecule has 0 aliphatic heterocycles. The van der Waals surface area contributed by atoms with Crippen LogP contribution in [0.5, 0.6) is 0 Å². The number of nitrogens with zero attached hydrogens (tertiary/aromatic N) is 2. The molecule has 0 atom stereocenters. The summed E-state index contributed by atoms with van der Waals surface area (Å²) in [6.07, 6.45) is -0.496. The first-order valence-electron chi connectivity index (χ1n) is 18.2. The largest absolute Gasteiger partial charge is 0.289 e. The highest BCUT2D eigenvalue weighted by molar-refractivity contribution is 7.20. The van der Waals surface area contributed by atoms with E-state index in [0.29, 0.717) is 16.7 Å². The molecule has 0 radical (unpaired) electrons. The van der Waals surface area contributed by atoms with Crippen LogP contribution in [0.2, 0.25) is 0 Å². The van der Waals surface area contributed by atoms with E-state index >= 15 is 35.1 Å². The van der Waals surface area contributed by atoms with E-state index in [1.807, 2.05) is 18.2 Å². The monoisotopic (exact) mass is 982 g/mol. The average molecular weight is 982 g/mol. The standard InChI is InChI=1S/C24BF20.C19H15N2O2/c26-5-1(6(27)14(35)21(42)13(5)34)25(2-7(28)15(36)22(43)16(37)8(2)29,3-9(30)17(38)23(44)18(39)10(3)31)4-11(32)19(40)24(45)20(41)12(4)33;22-18(14-21-11-9-20-10-12-21)16-7-4-8-17(13-16)19(23)15-5-2-1-3-6-15/h;1-13H,14H2/q-1;+1. The highest BCUT2D eigenvalue weighted by Gasteiger charge is 2.52. The molecule has 7 rings (SSSR count). The molecule has 0 fully saturated rings. The molecule has 68 heavy (non-hydrogen) atoms. The summed E-state index contributed by atoms with van der Waals surface area (Å²) in [5, 5.41) is 0. The van der Waals surface area contributed by atoms with Crippen molar-refractivity contribution in [1.82, 2.24) is 4.98 Å². The van der Waals surface area contributed by atoms with Gasteiger partial charge in [0.15, 0.2) is 88.0 Å². The van der Waals surface area contributed by atoms with Gasteiger partial charge in [-0.2, -0.15) is 4.57 Å². The molecule has 352 valence electrons. The fourth-order valence-corrected chi connectivity index (χ4v) is 7.17. The topological polar surface area (TPSA) is 50.9 Å². The third kappa shape index (κ3) is 8.07. The first kappa shape index (κ1) is 49.8. The molecule has 0 saturated heterocycles. The van der Waals surface area contributed by atoms with Crippen molar-refractivity contribution in [2.45, 2.75) is 6.54 Å². The first-order chi connectivity index (χ1) is 31.9. The van der Waals surface area contributed by atoms with Crippen molar-refractivity contribution in [3.8, 4) is 0 Å². The molecule has 1 heterocycles. The summed E-state index contributed by atoms with van der Waals surface area (Å²) in [6, 6.07) is 15.9. The van der Waals surface area contributed by atoms with Crippen molar-refractivity contribution in [3.05, 3.63) is 212 Å². The SMILES string of the molecule is Fc1c(F)c(F)c([B-](c2c(F)c(F)c(F)c(F)c2F)(c2c(F)c(F)c(F)c(F)c2F)c2c(F)c(F)c(F)c(F)c2F)c(F)c1F.O=C(C[n+]1ccncc1)c1cccc(C(=O)c2ccccc2)c1. The number of halogens is 20. The number of hydrogen-bond donors (Lipinski definition) is 0. The van der Waals surface area contributed by atoms with E-state index in [0.717, 1.165) is 0 Å². The summed E-state index contributed by atoms with van der Waals surface area (Å²) in [5.74, 6) is -71.5. The molecule has 0 bridgehead atoms. The van der Waals surface area contributed by atoms with Crippen molar-refractivity contribution in [2.75, 3.05) is 0 Å². The van der Waals surface area contributed by atoms with Gasteiger partial charge in [-0.25, -0.2) is 87.8 Å². The molecule has 0 spiro atoms. The van der Waals surface area contributed by atoms with Crippen LogP contribution in [-0.2, 0) is 6.54 Å². The fourth-order valence-electron chi connectivity index (χ4n) is 7.17. The zero-order valence-electron chi connectivity index (χ0n) is 32.6. The number of rotatable bonds is 9. The smallest absolute Gasteiger partial charge is 0.227 e. The van der Waals surface area contributed by atoms with Gasteiger partial charge in [0, 0.05) is 16.7 Å². The van der Waals surface area contributed by atoms with E-state index in [-0.39, 0.29) is 18.1 Å². The molecule has 6 aromatic carbocycles. The zero-order chi connectivity index (χ0) is 50.4. The summed E-state index contributed by atoms with van der Waals surface area (Å²) in [7, 11) is 0. The normalized spacial score (nSPS) is 11.4. The maximum atomic E-state index is 15.4. The second kappa shape index (κ2) is 19.0. The van der Waals surface area contributed by atoms with E-state index in [1.165, 1.54) is 0 Å². The number of carbonyl (C=O) groups is 2. The van der Waals surface area contributed by atoms with Gasteiger partial charge in [-0.3, -0.25) is 14.6 Å². The Morgan fingerprint density at radius 1 is 0.368 bits per heavy atom. The van der Waals surface area contributed by atoms with Crippen LogP contribution in [0.1, 0.15) is 26.3 Å². The third-order valence-electron chi connectivity index (χ3n) is 10.2. The molecule has 0 unspecified atom stereocenters. The van der Waals surface area contributed by atoms with E-state index in [1.54, 1.807) is 65.8 Å². The van der Waals surface area contributed by atoms with Gasteiger partial charge < -0.3 is 0 Å². The van der Waals surface area contributed by atoms with Crippen molar-refractivity contribution in [1.29, 1.82) is 0 Å². The minimum absolute atomic E-state index is 0.0519. The summed E-state index contributed by atoms with van der Waals surface area (Å²) < 4.78 is 296. The Morgan fingerprint density at radius 3 is 0.971 bits per heavy atom. The summed E-state index contributed by atoms with van der Waals surface area (Å²) in [6.45, 7) is 0.214. The van der Waals surface area contributed by atoms with Gasteiger partial charge in [0.2, 0.25) is 12.3 Å². The average Bonchev–Trinajstić information content (AvgIpc) is 3.34. The van der Waals surface area contributed by atoms with Gasteiger partial charge in [-0.15, -0.1) is 21.9 Å². The molecule has 7 aromatic rings. The molecule has 1 aromatic heterocycles. The van der Waals surface area contributed by atoms with Crippen molar-refractivity contribution < 1.29 is 102 Å². The van der Waals surface area contributed by atoms with Crippen LogP contribution in [0.15, 0.2) is 79.4 Å². The van der Waals surface area contributed by atoms with Crippen LogP contribution in [-0.4, -0.2) is 22.7 Å². The highest BCUT2D eigenvalue weighted by atomic mass is 19.2. The Balaban J connectivity index is 0.000000276.